The number of aromatic nitrogens is 2. The van der Waals surface area contributed by atoms with E-state index in [9.17, 15) is 18.0 Å². The van der Waals surface area contributed by atoms with Crippen LogP contribution in [0.2, 0.25) is 0 Å². The minimum atomic E-state index is -1.61. The van der Waals surface area contributed by atoms with Crippen LogP contribution in [0.1, 0.15) is 0 Å². The third-order valence-electron chi connectivity index (χ3n) is 5.17. The molecule has 0 saturated carbocycles. The second kappa shape index (κ2) is 8.74. The Labute approximate surface area is 171 Å². The van der Waals surface area contributed by atoms with Crippen LogP contribution in [0.15, 0.2) is 24.4 Å². The lowest BCUT2D eigenvalue weighted by Gasteiger charge is -2.35. The molecule has 0 bridgehead atoms. The van der Waals surface area contributed by atoms with Crippen LogP contribution in [0.25, 0.3) is 0 Å². The maximum atomic E-state index is 13.8. The van der Waals surface area contributed by atoms with Crippen molar-refractivity contribution in [3.05, 3.63) is 41.8 Å². The fraction of sp³-hybridized carbons (Fsp3) is 0.421. The van der Waals surface area contributed by atoms with Crippen molar-refractivity contribution in [2.75, 3.05) is 67.6 Å². The van der Waals surface area contributed by atoms with Crippen LogP contribution in [0, 0.1) is 17.5 Å². The Morgan fingerprint density at radius 2 is 1.70 bits per heavy atom. The summed E-state index contributed by atoms with van der Waals surface area (Å²) in [6.45, 7) is 4.66. The van der Waals surface area contributed by atoms with Crippen LogP contribution >= 0.6 is 0 Å². The number of hydrogen-bond acceptors (Lipinski definition) is 6. The summed E-state index contributed by atoms with van der Waals surface area (Å²) in [6.07, 6.45) is 1.72. The van der Waals surface area contributed by atoms with Gasteiger partial charge in [0, 0.05) is 45.3 Å². The van der Waals surface area contributed by atoms with Crippen LogP contribution in [-0.2, 0) is 4.74 Å². The van der Waals surface area contributed by atoms with Crippen LogP contribution < -0.4 is 15.1 Å². The summed E-state index contributed by atoms with van der Waals surface area (Å²) in [7, 11) is 0. The molecule has 11 heteroatoms. The Morgan fingerprint density at radius 3 is 2.43 bits per heavy atom. The molecule has 1 aromatic heterocycles. The zero-order chi connectivity index (χ0) is 21.1. The first-order valence-electron chi connectivity index (χ1n) is 9.63. The molecule has 2 fully saturated rings. The van der Waals surface area contributed by atoms with Gasteiger partial charge in [0.15, 0.2) is 23.3 Å². The number of nitrogens with zero attached hydrogens (tertiary/aromatic N) is 5. The molecule has 4 rings (SSSR count). The number of halogens is 3. The van der Waals surface area contributed by atoms with E-state index in [1.807, 2.05) is 11.0 Å². The normalized spacial score (nSPS) is 17.2. The van der Waals surface area contributed by atoms with E-state index >= 15 is 0 Å². The standard InChI is InChI=1S/C19H21F3N6O2/c20-14-1-2-15(18(22)17(14)21)24-19(29)28-5-3-27(4-6-28)16-11-13(12-23-25-16)26-7-9-30-10-8-26/h1-2,11-12H,3-10H2,(H,24,29). The fourth-order valence-electron chi connectivity index (χ4n) is 3.45. The lowest BCUT2D eigenvalue weighted by molar-refractivity contribution is 0.122. The average molecular weight is 422 g/mol. The molecule has 1 N–H and O–H groups in total. The number of anilines is 3. The maximum absolute atomic E-state index is 13.8. The number of ether oxygens (including phenoxy) is 1. The number of carbonyl (C=O) groups is 1. The quantitative estimate of drug-likeness (QED) is 0.764. The van der Waals surface area contributed by atoms with E-state index < -0.39 is 29.2 Å². The van der Waals surface area contributed by atoms with Gasteiger partial charge in [0.25, 0.3) is 0 Å². The number of hydrogen-bond donors (Lipinski definition) is 1. The Kier molecular flexibility index (Phi) is 5.88. The monoisotopic (exact) mass is 422 g/mol. The molecule has 1 aromatic carbocycles. The van der Waals surface area contributed by atoms with Crippen molar-refractivity contribution in [1.82, 2.24) is 15.1 Å². The molecule has 160 valence electrons. The van der Waals surface area contributed by atoms with Crippen molar-refractivity contribution in [1.29, 1.82) is 0 Å². The molecule has 2 saturated heterocycles. The Hall–Kier alpha value is -3.08. The van der Waals surface area contributed by atoms with Gasteiger partial charge in [-0.25, -0.2) is 18.0 Å². The molecule has 0 unspecified atom stereocenters. The second-order valence-electron chi connectivity index (χ2n) is 7.00. The van der Waals surface area contributed by atoms with Gasteiger partial charge >= 0.3 is 6.03 Å². The number of amides is 2. The minimum Gasteiger partial charge on any atom is -0.378 e. The number of piperazine rings is 1. The second-order valence-corrected chi connectivity index (χ2v) is 7.00. The summed E-state index contributed by atoms with van der Waals surface area (Å²) in [6, 6.07) is 3.15. The molecule has 0 atom stereocenters. The highest BCUT2D eigenvalue weighted by molar-refractivity contribution is 5.89. The topological polar surface area (TPSA) is 73.8 Å². The average Bonchev–Trinajstić information content (AvgIpc) is 2.80. The van der Waals surface area contributed by atoms with Crippen molar-refractivity contribution in [2.45, 2.75) is 0 Å². The van der Waals surface area contributed by atoms with Gasteiger partial charge in [-0.15, -0.1) is 5.10 Å². The molecule has 2 aliphatic rings. The van der Waals surface area contributed by atoms with Gasteiger partial charge in [0.2, 0.25) is 0 Å². The van der Waals surface area contributed by atoms with E-state index in [-0.39, 0.29) is 0 Å². The van der Waals surface area contributed by atoms with Crippen LogP contribution in [0.3, 0.4) is 0 Å². The van der Waals surface area contributed by atoms with Gasteiger partial charge in [-0.1, -0.05) is 0 Å². The Balaban J connectivity index is 1.36. The highest BCUT2D eigenvalue weighted by Gasteiger charge is 2.24. The van der Waals surface area contributed by atoms with Crippen LogP contribution in [0.4, 0.5) is 35.2 Å². The molecule has 0 aliphatic carbocycles. The van der Waals surface area contributed by atoms with Gasteiger partial charge < -0.3 is 24.8 Å². The first kappa shape index (κ1) is 20.2. The van der Waals surface area contributed by atoms with Gasteiger partial charge in [-0.3, -0.25) is 0 Å². The molecule has 2 amide bonds. The first-order valence-corrected chi connectivity index (χ1v) is 9.63. The maximum Gasteiger partial charge on any atom is 0.322 e. The number of carbonyl (C=O) groups excluding carboxylic acids is 1. The SMILES string of the molecule is O=C(Nc1ccc(F)c(F)c1F)N1CCN(c2cc(N3CCOCC3)cnn2)CC1. The molecule has 3 heterocycles. The summed E-state index contributed by atoms with van der Waals surface area (Å²) in [5, 5.41) is 10.6. The molecule has 30 heavy (non-hydrogen) atoms. The van der Waals surface area contributed by atoms with Crippen molar-refractivity contribution in [3.8, 4) is 0 Å². The number of nitrogens with one attached hydrogen (secondary N) is 1. The highest BCUT2D eigenvalue weighted by Crippen LogP contribution is 2.22. The largest absolute Gasteiger partial charge is 0.378 e. The molecule has 2 aliphatic heterocycles. The predicted octanol–water partition coefficient (Wildman–Crippen LogP) is 2.08. The first-order chi connectivity index (χ1) is 14.5. The Morgan fingerprint density at radius 1 is 0.967 bits per heavy atom. The van der Waals surface area contributed by atoms with E-state index in [1.165, 1.54) is 4.90 Å². The summed E-state index contributed by atoms with van der Waals surface area (Å²) < 4.78 is 45.5. The lowest BCUT2D eigenvalue weighted by Crippen LogP contribution is -2.50. The molecular formula is C19H21F3N6O2. The smallest absolute Gasteiger partial charge is 0.322 e. The van der Waals surface area contributed by atoms with Crippen molar-refractivity contribution in [3.63, 3.8) is 0 Å². The van der Waals surface area contributed by atoms with Crippen molar-refractivity contribution >= 4 is 23.2 Å². The van der Waals surface area contributed by atoms with Gasteiger partial charge in [0.1, 0.15) is 0 Å². The molecule has 0 spiro atoms. The van der Waals surface area contributed by atoms with Crippen molar-refractivity contribution < 1.29 is 22.7 Å². The van der Waals surface area contributed by atoms with Crippen LogP contribution in [0.5, 0.6) is 0 Å². The van der Waals surface area contributed by atoms with Crippen LogP contribution in [-0.4, -0.2) is 73.6 Å². The van der Waals surface area contributed by atoms with E-state index in [2.05, 4.69) is 20.4 Å². The Bertz CT molecular complexity index is 917. The predicted molar refractivity (Wildman–Crippen MR) is 104 cm³/mol. The number of morpholine rings is 1. The zero-order valence-corrected chi connectivity index (χ0v) is 16.2. The number of urea groups is 1. The molecule has 0 radical (unpaired) electrons. The molecule has 8 nitrogen and oxygen atoms in total. The van der Waals surface area contributed by atoms with E-state index in [0.717, 1.165) is 30.9 Å². The molecular weight excluding hydrogens is 401 g/mol. The highest BCUT2D eigenvalue weighted by atomic mass is 19.2. The number of rotatable bonds is 3. The van der Waals surface area contributed by atoms with E-state index in [0.29, 0.717) is 45.2 Å². The molecule has 2 aromatic rings. The van der Waals surface area contributed by atoms with E-state index in [1.54, 1.807) is 6.20 Å². The van der Waals surface area contributed by atoms with Gasteiger partial charge in [0.05, 0.1) is 30.8 Å². The van der Waals surface area contributed by atoms with Gasteiger partial charge in [-0.05, 0) is 12.1 Å². The third-order valence-corrected chi connectivity index (χ3v) is 5.17. The minimum absolute atomic E-state index is 0.362. The third kappa shape index (κ3) is 4.25. The number of benzene rings is 1. The zero-order valence-electron chi connectivity index (χ0n) is 16.2. The fourth-order valence-corrected chi connectivity index (χ4v) is 3.45. The summed E-state index contributed by atoms with van der Waals surface area (Å²) in [5.41, 5.74) is 0.572. The lowest BCUT2D eigenvalue weighted by atomic mass is 10.2. The summed E-state index contributed by atoms with van der Waals surface area (Å²) in [4.78, 5) is 18.1. The summed E-state index contributed by atoms with van der Waals surface area (Å²) >= 11 is 0. The summed E-state index contributed by atoms with van der Waals surface area (Å²) in [5.74, 6) is -3.63. The van der Waals surface area contributed by atoms with E-state index in [4.69, 9.17) is 4.74 Å². The van der Waals surface area contributed by atoms with Gasteiger partial charge in [-0.2, -0.15) is 5.10 Å². The van der Waals surface area contributed by atoms with Crippen molar-refractivity contribution in [2.24, 2.45) is 0 Å².